The summed E-state index contributed by atoms with van der Waals surface area (Å²) in [6.45, 7) is 2.91. The van der Waals surface area contributed by atoms with Gasteiger partial charge in [0.15, 0.2) is 0 Å². The van der Waals surface area contributed by atoms with Crippen LogP contribution in [0.25, 0.3) is 10.9 Å². The number of carbonyl (C=O) groups excluding carboxylic acids is 2. The third-order valence-corrected chi connectivity index (χ3v) is 3.87. The number of benzene rings is 1. The average Bonchev–Trinajstić information content (AvgIpc) is 2.94. The van der Waals surface area contributed by atoms with Gasteiger partial charge in [0.25, 0.3) is 0 Å². The number of nitrogens with zero attached hydrogens (tertiary/aromatic N) is 3. The van der Waals surface area contributed by atoms with Gasteiger partial charge in [0.05, 0.1) is 5.52 Å². The summed E-state index contributed by atoms with van der Waals surface area (Å²) in [5, 5.41) is 6.38. The van der Waals surface area contributed by atoms with E-state index in [1.807, 2.05) is 63.6 Å². The number of carbonyl (C=O) groups is 2. The Balaban J connectivity index is 2.01. The van der Waals surface area contributed by atoms with Gasteiger partial charge in [-0.15, -0.1) is 0 Å². The maximum Gasteiger partial charge on any atom is 0.313 e. The normalized spacial score (nSPS) is 11.3. The molecule has 0 saturated heterocycles. The molecule has 2 amide bonds. The number of amides is 2. The lowest BCUT2D eigenvalue weighted by Gasteiger charge is -2.12. The van der Waals surface area contributed by atoms with Gasteiger partial charge in [0.1, 0.15) is 0 Å². The number of rotatable bonds is 7. The molecular weight excluding hydrogens is 318 g/mol. The van der Waals surface area contributed by atoms with Crippen molar-refractivity contribution in [3.05, 3.63) is 30.5 Å². The molecule has 2 N–H and O–H groups in total. The first kappa shape index (κ1) is 19.0. The number of hydrogen-bond donors (Lipinski definition) is 2. The summed E-state index contributed by atoms with van der Waals surface area (Å²) in [7, 11) is 7.89. The molecule has 0 radical (unpaired) electrons. The van der Waals surface area contributed by atoms with Crippen molar-refractivity contribution in [3.8, 4) is 0 Å². The van der Waals surface area contributed by atoms with E-state index in [9.17, 15) is 9.59 Å². The summed E-state index contributed by atoms with van der Waals surface area (Å²) in [6.07, 6.45) is 2.04. The molecule has 136 valence electrons. The highest BCUT2D eigenvalue weighted by Gasteiger charge is 2.13. The summed E-state index contributed by atoms with van der Waals surface area (Å²) < 4.78 is 2.14. The van der Waals surface area contributed by atoms with Gasteiger partial charge in [0, 0.05) is 38.1 Å². The topological polar surface area (TPSA) is 69.6 Å². The second-order valence-corrected chi connectivity index (χ2v) is 6.60. The molecule has 1 heterocycles. The van der Waals surface area contributed by atoms with Gasteiger partial charge in [-0.3, -0.25) is 9.59 Å². The van der Waals surface area contributed by atoms with E-state index in [1.165, 1.54) is 0 Å². The minimum atomic E-state index is -0.649. The van der Waals surface area contributed by atoms with E-state index in [4.69, 9.17) is 0 Å². The minimum absolute atomic E-state index is 0.436. The molecule has 0 spiro atoms. The highest BCUT2D eigenvalue weighted by Crippen LogP contribution is 2.20. The second kappa shape index (κ2) is 8.64. The number of likely N-dealkylation sites (N-methyl/N-ethyl adjacent to an activating group) is 2. The molecule has 0 bridgehead atoms. The number of nitrogens with one attached hydrogen (secondary N) is 2. The predicted molar refractivity (Wildman–Crippen MR) is 101 cm³/mol. The van der Waals surface area contributed by atoms with Crippen LogP contribution in [0.4, 0.5) is 5.69 Å². The monoisotopic (exact) mass is 345 g/mol. The van der Waals surface area contributed by atoms with Crippen molar-refractivity contribution in [2.75, 3.05) is 53.1 Å². The standard InChI is InChI=1S/C18H27N5O2/c1-21(2)10-8-19-17(24)18(25)20-15-6-5-14-7-9-23(16(14)13-15)12-11-22(3)4/h5-7,9,13H,8,10-12H2,1-4H3,(H,19,24)(H,20,25). The molecule has 0 fully saturated rings. The zero-order valence-corrected chi connectivity index (χ0v) is 15.4. The molecule has 2 rings (SSSR count). The zero-order chi connectivity index (χ0) is 18.4. The Kier molecular flexibility index (Phi) is 6.55. The van der Waals surface area contributed by atoms with E-state index >= 15 is 0 Å². The summed E-state index contributed by atoms with van der Waals surface area (Å²) in [6, 6.07) is 7.70. The lowest BCUT2D eigenvalue weighted by atomic mass is 10.2. The summed E-state index contributed by atoms with van der Waals surface area (Å²) in [4.78, 5) is 27.9. The zero-order valence-electron chi connectivity index (χ0n) is 15.4. The van der Waals surface area contributed by atoms with E-state index < -0.39 is 11.8 Å². The fourth-order valence-electron chi connectivity index (χ4n) is 2.43. The quantitative estimate of drug-likeness (QED) is 0.729. The summed E-state index contributed by atoms with van der Waals surface area (Å²) >= 11 is 0. The molecule has 0 atom stereocenters. The van der Waals surface area contributed by atoms with Gasteiger partial charge in [-0.2, -0.15) is 0 Å². The summed E-state index contributed by atoms with van der Waals surface area (Å²) in [5.41, 5.74) is 1.65. The molecule has 0 saturated carbocycles. The van der Waals surface area contributed by atoms with E-state index in [0.29, 0.717) is 18.8 Å². The van der Waals surface area contributed by atoms with E-state index in [-0.39, 0.29) is 0 Å². The van der Waals surface area contributed by atoms with Crippen LogP contribution in [0.2, 0.25) is 0 Å². The van der Waals surface area contributed by atoms with Crippen molar-refractivity contribution in [2.45, 2.75) is 6.54 Å². The fourth-order valence-corrected chi connectivity index (χ4v) is 2.43. The van der Waals surface area contributed by atoms with Crippen LogP contribution in [0, 0.1) is 0 Å². The maximum absolute atomic E-state index is 12.0. The van der Waals surface area contributed by atoms with Crippen molar-refractivity contribution >= 4 is 28.4 Å². The van der Waals surface area contributed by atoms with Crippen molar-refractivity contribution < 1.29 is 9.59 Å². The SMILES string of the molecule is CN(C)CCNC(=O)C(=O)Nc1ccc2ccn(CCN(C)C)c2c1. The Morgan fingerprint density at radius 2 is 1.72 bits per heavy atom. The van der Waals surface area contributed by atoms with Crippen LogP contribution in [-0.2, 0) is 16.1 Å². The average molecular weight is 345 g/mol. The van der Waals surface area contributed by atoms with Crippen LogP contribution in [-0.4, -0.2) is 74.0 Å². The first-order chi connectivity index (χ1) is 11.9. The molecule has 1 aromatic carbocycles. The summed E-state index contributed by atoms with van der Waals surface area (Å²) in [5.74, 6) is -1.27. The molecule has 25 heavy (non-hydrogen) atoms. The maximum atomic E-state index is 12.0. The van der Waals surface area contributed by atoms with Crippen LogP contribution in [0.1, 0.15) is 0 Å². The smallest absolute Gasteiger partial charge is 0.313 e. The van der Waals surface area contributed by atoms with Crippen LogP contribution >= 0.6 is 0 Å². The predicted octanol–water partition coefficient (Wildman–Crippen LogP) is 0.819. The molecule has 0 unspecified atom stereocenters. The minimum Gasteiger partial charge on any atom is -0.347 e. The van der Waals surface area contributed by atoms with E-state index in [2.05, 4.69) is 20.1 Å². The Morgan fingerprint density at radius 1 is 1.00 bits per heavy atom. The molecular formula is C18H27N5O2. The van der Waals surface area contributed by atoms with Gasteiger partial charge in [-0.1, -0.05) is 6.07 Å². The van der Waals surface area contributed by atoms with Crippen LogP contribution in [0.15, 0.2) is 30.5 Å². The Labute approximate surface area is 148 Å². The molecule has 7 heteroatoms. The van der Waals surface area contributed by atoms with E-state index in [1.54, 1.807) is 0 Å². The highest BCUT2D eigenvalue weighted by atomic mass is 16.2. The number of fused-ring (bicyclic) bond motifs is 1. The molecule has 1 aromatic heterocycles. The van der Waals surface area contributed by atoms with E-state index in [0.717, 1.165) is 24.0 Å². The lowest BCUT2D eigenvalue weighted by molar-refractivity contribution is -0.136. The fraction of sp³-hybridized carbons (Fsp3) is 0.444. The first-order valence-electron chi connectivity index (χ1n) is 8.34. The molecule has 0 aliphatic carbocycles. The highest BCUT2D eigenvalue weighted by molar-refractivity contribution is 6.39. The van der Waals surface area contributed by atoms with Crippen molar-refractivity contribution in [1.82, 2.24) is 19.7 Å². The Morgan fingerprint density at radius 3 is 2.40 bits per heavy atom. The van der Waals surface area contributed by atoms with Crippen molar-refractivity contribution in [1.29, 1.82) is 0 Å². The van der Waals surface area contributed by atoms with Crippen LogP contribution in [0.5, 0.6) is 0 Å². The Bertz CT molecular complexity index is 736. The van der Waals surface area contributed by atoms with Gasteiger partial charge < -0.3 is 25.0 Å². The molecule has 0 aliphatic rings. The third-order valence-electron chi connectivity index (χ3n) is 3.87. The van der Waals surface area contributed by atoms with Gasteiger partial charge in [-0.05, 0) is 51.8 Å². The molecule has 0 aliphatic heterocycles. The third kappa shape index (κ3) is 5.58. The largest absolute Gasteiger partial charge is 0.347 e. The second-order valence-electron chi connectivity index (χ2n) is 6.60. The van der Waals surface area contributed by atoms with Crippen LogP contribution in [0.3, 0.4) is 0 Å². The van der Waals surface area contributed by atoms with Crippen molar-refractivity contribution in [2.24, 2.45) is 0 Å². The number of aromatic nitrogens is 1. The molecule has 2 aromatic rings. The molecule has 7 nitrogen and oxygen atoms in total. The van der Waals surface area contributed by atoms with Gasteiger partial charge in [0.2, 0.25) is 0 Å². The number of hydrogen-bond acceptors (Lipinski definition) is 4. The van der Waals surface area contributed by atoms with Gasteiger partial charge >= 0.3 is 11.8 Å². The first-order valence-corrected chi connectivity index (χ1v) is 8.34. The Hall–Kier alpha value is -2.38. The van der Waals surface area contributed by atoms with Crippen LogP contribution < -0.4 is 10.6 Å². The van der Waals surface area contributed by atoms with Gasteiger partial charge in [-0.25, -0.2) is 0 Å². The lowest BCUT2D eigenvalue weighted by Crippen LogP contribution is -2.38. The number of anilines is 1. The van der Waals surface area contributed by atoms with Crippen molar-refractivity contribution in [3.63, 3.8) is 0 Å².